The largest absolute Gasteiger partial charge is 0.370 e. The van der Waals surface area contributed by atoms with Crippen molar-refractivity contribution in [3.8, 4) is 0 Å². The van der Waals surface area contributed by atoms with Gasteiger partial charge in [-0.05, 0) is 37.3 Å². The van der Waals surface area contributed by atoms with Crippen molar-refractivity contribution in [2.75, 3.05) is 25.0 Å². The summed E-state index contributed by atoms with van der Waals surface area (Å²) in [6, 6.07) is 4.39. The minimum Gasteiger partial charge on any atom is -0.370 e. The number of likely N-dealkylation sites (tertiary alicyclic amines) is 1. The molecule has 1 amide bonds. The molecule has 4 heteroatoms. The lowest BCUT2D eigenvalue weighted by atomic mass is 9.92. The Hall–Kier alpha value is -1.58. The number of fused-ring (bicyclic) bond motifs is 1. The van der Waals surface area contributed by atoms with Crippen LogP contribution in [0, 0.1) is 0 Å². The van der Waals surface area contributed by atoms with Gasteiger partial charge in [0.15, 0.2) is 0 Å². The van der Waals surface area contributed by atoms with Gasteiger partial charge in [0.25, 0.3) is 0 Å². The van der Waals surface area contributed by atoms with Gasteiger partial charge < -0.3 is 10.2 Å². The number of aryl methyl sites for hydroxylation is 1. The van der Waals surface area contributed by atoms with E-state index in [1.54, 1.807) is 0 Å². The number of nitrogens with one attached hydrogen (secondary N) is 1. The highest BCUT2D eigenvalue weighted by Gasteiger charge is 2.21. The number of aromatic nitrogens is 1. The summed E-state index contributed by atoms with van der Waals surface area (Å²) in [5.41, 5.74) is 2.53. The number of carbonyl (C=O) groups is 1. The average Bonchev–Trinajstić information content (AvgIpc) is 2.47. The van der Waals surface area contributed by atoms with Crippen molar-refractivity contribution in [3.63, 3.8) is 0 Å². The smallest absolute Gasteiger partial charge is 0.209 e. The van der Waals surface area contributed by atoms with Gasteiger partial charge in [-0.3, -0.25) is 4.79 Å². The molecule has 1 fully saturated rings. The second-order valence-electron chi connectivity index (χ2n) is 5.19. The van der Waals surface area contributed by atoms with Gasteiger partial charge in [-0.25, -0.2) is 4.98 Å². The predicted molar refractivity (Wildman–Crippen MR) is 70.7 cm³/mol. The molecule has 4 nitrogen and oxygen atoms in total. The maximum absolute atomic E-state index is 10.7. The second kappa shape index (κ2) is 4.96. The number of rotatable bonds is 2. The van der Waals surface area contributed by atoms with Crippen LogP contribution < -0.4 is 5.32 Å². The highest BCUT2D eigenvalue weighted by Crippen LogP contribution is 2.29. The summed E-state index contributed by atoms with van der Waals surface area (Å²) in [4.78, 5) is 17.3. The van der Waals surface area contributed by atoms with Crippen molar-refractivity contribution in [1.29, 1.82) is 0 Å². The number of hydrogen-bond acceptors (Lipinski definition) is 3. The minimum atomic E-state index is 0.509. The fraction of sp³-hybridized carbons (Fsp3) is 0.571. The molecule has 2 aliphatic rings. The highest BCUT2D eigenvalue weighted by molar-refractivity contribution is 5.48. The lowest BCUT2D eigenvalue weighted by molar-refractivity contribution is -0.119. The Morgan fingerprint density at radius 3 is 2.94 bits per heavy atom. The first kappa shape index (κ1) is 11.5. The molecule has 3 heterocycles. The zero-order valence-electron chi connectivity index (χ0n) is 10.6. The van der Waals surface area contributed by atoms with Crippen LogP contribution in [0.4, 0.5) is 5.82 Å². The van der Waals surface area contributed by atoms with Gasteiger partial charge in [0.05, 0.1) is 0 Å². The molecule has 0 aromatic carbocycles. The van der Waals surface area contributed by atoms with Crippen LogP contribution in [0.3, 0.4) is 0 Å². The molecule has 0 bridgehead atoms. The van der Waals surface area contributed by atoms with E-state index in [1.807, 2.05) is 4.90 Å². The number of piperidine rings is 1. The summed E-state index contributed by atoms with van der Waals surface area (Å²) in [5, 5.41) is 3.38. The first-order valence-electron chi connectivity index (χ1n) is 6.80. The Morgan fingerprint density at radius 2 is 2.17 bits per heavy atom. The molecule has 0 saturated carbocycles. The van der Waals surface area contributed by atoms with Gasteiger partial charge in [-0.15, -0.1) is 0 Å². The highest BCUT2D eigenvalue weighted by atomic mass is 16.1. The maximum Gasteiger partial charge on any atom is 0.209 e. The molecule has 0 atom stereocenters. The van der Waals surface area contributed by atoms with Crippen molar-refractivity contribution in [1.82, 2.24) is 9.88 Å². The van der Waals surface area contributed by atoms with E-state index in [4.69, 9.17) is 4.98 Å². The molecule has 1 N–H and O–H groups in total. The van der Waals surface area contributed by atoms with Gasteiger partial charge in [-0.1, -0.05) is 6.07 Å². The summed E-state index contributed by atoms with van der Waals surface area (Å²) in [6.07, 6.45) is 5.36. The summed E-state index contributed by atoms with van der Waals surface area (Å²) in [6.45, 7) is 2.76. The quantitative estimate of drug-likeness (QED) is 0.808. The molecular weight excluding hydrogens is 226 g/mol. The van der Waals surface area contributed by atoms with E-state index >= 15 is 0 Å². The average molecular weight is 245 g/mol. The standard InChI is InChI=1S/C14H19N3O/c18-10-17-8-5-11(6-9-17)13-4-3-12-2-1-7-15-14(12)16-13/h3-4,10-11H,1-2,5-9H2,(H,15,16). The van der Waals surface area contributed by atoms with E-state index in [0.717, 1.165) is 51.1 Å². The number of anilines is 1. The van der Waals surface area contributed by atoms with E-state index in [1.165, 1.54) is 17.7 Å². The van der Waals surface area contributed by atoms with Crippen molar-refractivity contribution >= 4 is 12.2 Å². The van der Waals surface area contributed by atoms with Crippen LogP contribution in [0.2, 0.25) is 0 Å². The fourth-order valence-corrected chi connectivity index (χ4v) is 2.87. The second-order valence-corrected chi connectivity index (χ2v) is 5.19. The number of nitrogens with zero attached hydrogens (tertiary/aromatic N) is 2. The lowest BCUT2D eigenvalue weighted by Gasteiger charge is -2.29. The van der Waals surface area contributed by atoms with Gasteiger partial charge >= 0.3 is 0 Å². The Bertz CT molecular complexity index is 439. The summed E-state index contributed by atoms with van der Waals surface area (Å²) in [5.74, 6) is 1.59. The number of amides is 1. The van der Waals surface area contributed by atoms with Crippen molar-refractivity contribution < 1.29 is 4.79 Å². The molecule has 96 valence electrons. The van der Waals surface area contributed by atoms with Crippen LogP contribution >= 0.6 is 0 Å². The molecular formula is C14H19N3O. The first-order chi connectivity index (χ1) is 8.86. The van der Waals surface area contributed by atoms with Crippen LogP contribution in [-0.2, 0) is 11.2 Å². The number of carbonyl (C=O) groups excluding carboxylic acids is 1. The zero-order valence-corrected chi connectivity index (χ0v) is 10.6. The maximum atomic E-state index is 10.7. The number of hydrogen-bond donors (Lipinski definition) is 1. The molecule has 1 saturated heterocycles. The SMILES string of the molecule is O=CN1CCC(c2ccc3c(n2)NCCC3)CC1. The van der Waals surface area contributed by atoms with Gasteiger partial charge in [0.2, 0.25) is 6.41 Å². The number of pyridine rings is 1. The van der Waals surface area contributed by atoms with E-state index in [2.05, 4.69) is 17.4 Å². The van der Waals surface area contributed by atoms with Crippen LogP contribution in [0.5, 0.6) is 0 Å². The summed E-state index contributed by atoms with van der Waals surface area (Å²) in [7, 11) is 0. The molecule has 18 heavy (non-hydrogen) atoms. The fourth-order valence-electron chi connectivity index (χ4n) is 2.87. The van der Waals surface area contributed by atoms with Crippen molar-refractivity contribution in [2.24, 2.45) is 0 Å². The van der Waals surface area contributed by atoms with E-state index in [9.17, 15) is 4.79 Å². The normalized spacial score (nSPS) is 20.1. The molecule has 3 rings (SSSR count). The van der Waals surface area contributed by atoms with Crippen LogP contribution in [0.25, 0.3) is 0 Å². The molecule has 0 radical (unpaired) electrons. The van der Waals surface area contributed by atoms with Crippen LogP contribution in [0.15, 0.2) is 12.1 Å². The molecule has 1 aromatic heterocycles. The van der Waals surface area contributed by atoms with E-state index in [-0.39, 0.29) is 0 Å². The molecule has 2 aliphatic heterocycles. The predicted octanol–water partition coefficient (Wildman–Crippen LogP) is 1.78. The zero-order chi connectivity index (χ0) is 12.4. The van der Waals surface area contributed by atoms with Crippen LogP contribution in [-0.4, -0.2) is 35.9 Å². The van der Waals surface area contributed by atoms with E-state index in [0.29, 0.717) is 5.92 Å². The van der Waals surface area contributed by atoms with E-state index < -0.39 is 0 Å². The lowest BCUT2D eigenvalue weighted by Crippen LogP contribution is -2.32. The third-order valence-electron chi connectivity index (χ3n) is 4.01. The summed E-state index contributed by atoms with van der Waals surface area (Å²) < 4.78 is 0. The Labute approximate surface area is 107 Å². The third kappa shape index (κ3) is 2.19. The van der Waals surface area contributed by atoms with Crippen LogP contribution in [0.1, 0.15) is 36.4 Å². The molecule has 0 aliphatic carbocycles. The molecule has 0 spiro atoms. The Kier molecular flexibility index (Phi) is 3.17. The minimum absolute atomic E-state index is 0.509. The third-order valence-corrected chi connectivity index (χ3v) is 4.01. The Balaban J connectivity index is 1.74. The molecule has 0 unspecified atom stereocenters. The first-order valence-corrected chi connectivity index (χ1v) is 6.80. The Morgan fingerprint density at radius 1 is 1.33 bits per heavy atom. The van der Waals surface area contributed by atoms with Crippen molar-refractivity contribution in [3.05, 3.63) is 23.4 Å². The van der Waals surface area contributed by atoms with Gasteiger partial charge in [0, 0.05) is 31.2 Å². The molecule has 1 aromatic rings. The topological polar surface area (TPSA) is 45.2 Å². The summed E-state index contributed by atoms with van der Waals surface area (Å²) >= 11 is 0. The van der Waals surface area contributed by atoms with Crippen molar-refractivity contribution in [2.45, 2.75) is 31.6 Å². The van der Waals surface area contributed by atoms with Gasteiger partial charge in [0.1, 0.15) is 5.82 Å². The monoisotopic (exact) mass is 245 g/mol. The van der Waals surface area contributed by atoms with Gasteiger partial charge in [-0.2, -0.15) is 0 Å².